The molecule has 0 bridgehead atoms. The smallest absolute Gasteiger partial charge is 0.459 e. The van der Waals surface area contributed by atoms with Gasteiger partial charge in [-0.2, -0.15) is 5.09 Å². The minimum absolute atomic E-state index is 0.183. The molecule has 0 aliphatic carbocycles. The van der Waals surface area contributed by atoms with Crippen LogP contribution >= 0.6 is 7.75 Å². The minimum atomic E-state index is -4.40. The van der Waals surface area contributed by atoms with E-state index in [1.807, 2.05) is 25.1 Å². The second kappa shape index (κ2) is 13.6. The van der Waals surface area contributed by atoms with Crippen LogP contribution in [0.2, 0.25) is 0 Å². The Kier molecular flexibility index (Phi) is 10.1. The normalized spacial score (nSPS) is 23.7. The van der Waals surface area contributed by atoms with Crippen molar-refractivity contribution in [2.45, 2.75) is 63.6 Å². The van der Waals surface area contributed by atoms with E-state index in [-0.39, 0.29) is 12.4 Å². The molecule has 4 rings (SSSR count). The summed E-state index contributed by atoms with van der Waals surface area (Å²) in [6.45, 7) is 4.34. The fraction of sp³-hybridized carbons (Fsp3) is 0.444. The molecule has 16 heteroatoms. The number of hydrogen-bond donors (Lipinski definition) is 3. The van der Waals surface area contributed by atoms with Gasteiger partial charge in [-0.3, -0.25) is 23.7 Å². The minimum Gasteiger partial charge on any atom is -0.465 e. The molecule has 0 saturated carbocycles. The van der Waals surface area contributed by atoms with Gasteiger partial charge in [-0.25, -0.2) is 9.36 Å². The zero-order valence-corrected chi connectivity index (χ0v) is 24.7. The van der Waals surface area contributed by atoms with Gasteiger partial charge in [-0.15, -0.1) is 0 Å². The Bertz CT molecular complexity index is 1670. The first-order valence-electron chi connectivity index (χ1n) is 13.6. The molecule has 1 aliphatic heterocycles. The number of aromatic amines is 1. The summed E-state index contributed by atoms with van der Waals surface area (Å²) in [4.78, 5) is 41.6. The van der Waals surface area contributed by atoms with E-state index in [4.69, 9.17) is 18.5 Å². The van der Waals surface area contributed by atoms with E-state index >= 15 is 0 Å². The molecule has 1 fully saturated rings. The summed E-state index contributed by atoms with van der Waals surface area (Å²) in [5, 5.41) is 18.9. The number of carbonyl (C=O) groups excluding carboxylic acids is 1. The molecule has 2 aromatic carbocycles. The zero-order chi connectivity index (χ0) is 31.2. The molecule has 43 heavy (non-hydrogen) atoms. The van der Waals surface area contributed by atoms with E-state index in [1.54, 1.807) is 24.3 Å². The molecule has 2 heterocycles. The summed E-state index contributed by atoms with van der Waals surface area (Å²) in [6.07, 6.45) is -1.62. The van der Waals surface area contributed by atoms with Gasteiger partial charge in [-0.05, 0) is 37.3 Å². The molecule has 230 valence electrons. The van der Waals surface area contributed by atoms with E-state index in [1.165, 1.54) is 13.8 Å². The molecule has 0 amide bonds. The summed E-state index contributed by atoms with van der Waals surface area (Å²) < 4.78 is 37.9. The maximum atomic E-state index is 14.2. The van der Waals surface area contributed by atoms with Gasteiger partial charge in [0.25, 0.3) is 5.56 Å². The lowest BCUT2D eigenvalue weighted by molar-refractivity contribution is -0.145. The molecule has 1 aliphatic rings. The second-order valence-electron chi connectivity index (χ2n) is 10.1. The van der Waals surface area contributed by atoms with Crippen molar-refractivity contribution in [3.63, 3.8) is 0 Å². The summed E-state index contributed by atoms with van der Waals surface area (Å²) in [6, 6.07) is 12.3. The van der Waals surface area contributed by atoms with Crippen LogP contribution < -0.4 is 20.9 Å². The molecule has 0 spiro atoms. The monoisotopic (exact) mass is 616 g/mol. The van der Waals surface area contributed by atoms with Crippen molar-refractivity contribution in [1.82, 2.24) is 14.6 Å². The predicted octanol–water partition coefficient (Wildman–Crippen LogP) is 3.54. The Morgan fingerprint density at radius 1 is 1.28 bits per heavy atom. The van der Waals surface area contributed by atoms with Gasteiger partial charge in [0, 0.05) is 22.6 Å². The van der Waals surface area contributed by atoms with Crippen molar-refractivity contribution in [2.75, 3.05) is 13.2 Å². The zero-order valence-electron chi connectivity index (χ0n) is 23.8. The van der Waals surface area contributed by atoms with E-state index in [0.29, 0.717) is 11.8 Å². The van der Waals surface area contributed by atoms with Crippen LogP contribution in [0.25, 0.3) is 21.2 Å². The van der Waals surface area contributed by atoms with E-state index in [9.17, 15) is 29.6 Å². The number of aliphatic hydroxyl groups excluding tert-OH is 1. The van der Waals surface area contributed by atoms with Gasteiger partial charge in [-0.1, -0.05) is 54.9 Å². The van der Waals surface area contributed by atoms with E-state index < -0.39 is 61.6 Å². The lowest BCUT2D eigenvalue weighted by Gasteiger charge is -2.28. The lowest BCUT2D eigenvalue weighted by atomic mass is 9.93. The van der Waals surface area contributed by atoms with Crippen molar-refractivity contribution in [2.24, 2.45) is 5.11 Å². The average Bonchev–Trinajstić information content (AvgIpc) is 3.21. The number of ether oxygens (including phenoxy) is 2. The number of H-pyrrole nitrogens is 1. The van der Waals surface area contributed by atoms with Crippen molar-refractivity contribution in [3.05, 3.63) is 86.0 Å². The highest BCUT2D eigenvalue weighted by Crippen LogP contribution is 2.48. The van der Waals surface area contributed by atoms with Gasteiger partial charge in [0.1, 0.15) is 23.4 Å². The highest BCUT2D eigenvalue weighted by Gasteiger charge is 2.55. The highest BCUT2D eigenvalue weighted by molar-refractivity contribution is 7.52. The van der Waals surface area contributed by atoms with Crippen LogP contribution in [0.3, 0.4) is 0 Å². The maximum absolute atomic E-state index is 14.2. The van der Waals surface area contributed by atoms with Gasteiger partial charge in [0.05, 0.1) is 19.3 Å². The number of aromatic nitrogens is 2. The third-order valence-corrected chi connectivity index (χ3v) is 8.57. The number of nitrogens with one attached hydrogen (secondary N) is 2. The average molecular weight is 617 g/mol. The van der Waals surface area contributed by atoms with Crippen molar-refractivity contribution >= 4 is 24.5 Å². The summed E-state index contributed by atoms with van der Waals surface area (Å²) in [5.41, 5.74) is 5.94. The number of aliphatic hydroxyl groups is 1. The largest absolute Gasteiger partial charge is 0.465 e. The van der Waals surface area contributed by atoms with Gasteiger partial charge < -0.3 is 19.1 Å². The van der Waals surface area contributed by atoms with Crippen LogP contribution in [0.1, 0.15) is 39.8 Å². The SMILES string of the molecule is CCCCOC(=O)[C@H](C)NP(=O)(OC[C@H]1OC(n2ccc(=O)[nH]c2=O)[C@](C)(N=[N+]=[N-])[C@@H]1O)Oc1cccc2ccccc12. The quantitative estimate of drug-likeness (QED) is 0.0635. The third kappa shape index (κ3) is 7.16. The van der Waals surface area contributed by atoms with Crippen LogP contribution in [0.15, 0.2) is 69.4 Å². The molecule has 2 unspecified atom stereocenters. The first-order valence-corrected chi connectivity index (χ1v) is 15.1. The standard InChI is InChI=1S/C27H33N6O9P/c1-4-5-15-39-24(36)17(2)30-43(38,42-20-12-8-10-18-9-6-7-11-19(18)20)40-16-21-23(35)27(3,31-32-28)25(41-21)33-14-13-22(34)29-26(33)37/h6-14,17,21,23,25,35H,4-5,15-16H2,1-3H3,(H,30,38)(H,29,34,37)/t17-,21+,23+,25?,27+,43?/m0/s1. The fourth-order valence-electron chi connectivity index (χ4n) is 4.59. The Hall–Kier alpha value is -3.97. The molecular weight excluding hydrogens is 583 g/mol. The molecular formula is C27H33N6O9P. The van der Waals surface area contributed by atoms with Crippen LogP contribution in [0.5, 0.6) is 5.75 Å². The molecule has 1 saturated heterocycles. The molecule has 0 radical (unpaired) electrons. The third-order valence-electron chi connectivity index (χ3n) is 6.94. The number of hydrogen-bond acceptors (Lipinski definition) is 10. The number of unbranched alkanes of at least 4 members (excludes halogenated alkanes) is 1. The first kappa shape index (κ1) is 32.0. The number of fused-ring (bicyclic) bond motifs is 1. The van der Waals surface area contributed by atoms with E-state index in [2.05, 4.69) is 20.1 Å². The molecule has 15 nitrogen and oxygen atoms in total. The number of esters is 1. The lowest BCUT2D eigenvalue weighted by Crippen LogP contribution is -2.45. The number of carbonyl (C=O) groups is 1. The van der Waals surface area contributed by atoms with Crippen molar-refractivity contribution < 1.29 is 33.0 Å². The summed E-state index contributed by atoms with van der Waals surface area (Å²) >= 11 is 0. The van der Waals surface area contributed by atoms with Crippen molar-refractivity contribution in [1.29, 1.82) is 0 Å². The van der Waals surface area contributed by atoms with Crippen LogP contribution in [0, 0.1) is 0 Å². The number of nitrogens with zero attached hydrogens (tertiary/aromatic N) is 4. The van der Waals surface area contributed by atoms with Crippen LogP contribution in [-0.4, -0.2) is 57.6 Å². The number of azide groups is 1. The molecule has 1 aromatic heterocycles. The number of rotatable bonds is 13. The van der Waals surface area contributed by atoms with Crippen molar-refractivity contribution in [3.8, 4) is 5.75 Å². The molecule has 6 atom stereocenters. The van der Waals surface area contributed by atoms with Crippen LogP contribution in [-0.2, 0) is 23.4 Å². The van der Waals surface area contributed by atoms with Gasteiger partial charge in [0.15, 0.2) is 6.23 Å². The topological polar surface area (TPSA) is 207 Å². The van der Waals surface area contributed by atoms with Crippen LogP contribution in [0.4, 0.5) is 0 Å². The highest BCUT2D eigenvalue weighted by atomic mass is 31.2. The predicted molar refractivity (Wildman–Crippen MR) is 155 cm³/mol. The Morgan fingerprint density at radius 3 is 2.74 bits per heavy atom. The Morgan fingerprint density at radius 2 is 2.02 bits per heavy atom. The number of benzene rings is 2. The van der Waals surface area contributed by atoms with Gasteiger partial charge in [0.2, 0.25) is 0 Å². The Labute approximate surface area is 245 Å². The first-order chi connectivity index (χ1) is 20.5. The summed E-state index contributed by atoms with van der Waals surface area (Å²) in [7, 11) is -4.40. The molecule has 3 aromatic rings. The maximum Gasteiger partial charge on any atom is 0.459 e. The van der Waals surface area contributed by atoms with Gasteiger partial charge >= 0.3 is 19.4 Å². The second-order valence-corrected chi connectivity index (χ2v) is 11.8. The Balaban J connectivity index is 1.62. The summed E-state index contributed by atoms with van der Waals surface area (Å²) in [5.74, 6) is -0.477. The molecule has 3 N–H and O–H groups in total. The fourth-order valence-corrected chi connectivity index (χ4v) is 6.11. The van der Waals surface area contributed by atoms with E-state index in [0.717, 1.165) is 28.6 Å².